The smallest absolute Gasteiger partial charge is 0.404 e. The molecule has 0 bridgehead atoms. The Hall–Kier alpha value is -3.23. The Kier molecular flexibility index (Phi) is 9.81. The van der Waals surface area contributed by atoms with Crippen LogP contribution in [0, 0.1) is 0 Å². The molecular formula is C26H35N3O6. The number of amides is 5. The number of ether oxygens (including phenoxy) is 1. The minimum Gasteiger partial charge on any atom is -0.450 e. The normalized spacial score (nSPS) is 17.5. The number of imide groups is 2. The quantitative estimate of drug-likeness (QED) is 0.305. The van der Waals surface area contributed by atoms with E-state index in [0.29, 0.717) is 24.2 Å². The van der Waals surface area contributed by atoms with Gasteiger partial charge >= 0.3 is 6.09 Å². The van der Waals surface area contributed by atoms with E-state index >= 15 is 0 Å². The van der Waals surface area contributed by atoms with Crippen LogP contribution >= 0.6 is 0 Å². The van der Waals surface area contributed by atoms with E-state index in [4.69, 9.17) is 10.5 Å². The van der Waals surface area contributed by atoms with E-state index in [9.17, 15) is 24.0 Å². The average molecular weight is 486 g/mol. The summed E-state index contributed by atoms with van der Waals surface area (Å²) in [5.41, 5.74) is 6.51. The molecule has 1 aromatic carbocycles. The maximum absolute atomic E-state index is 13.1. The number of benzene rings is 1. The molecule has 0 spiro atoms. The van der Waals surface area contributed by atoms with Crippen LogP contribution in [0.4, 0.5) is 4.79 Å². The summed E-state index contributed by atoms with van der Waals surface area (Å²) in [6.07, 6.45) is 11.1. The van der Waals surface area contributed by atoms with Crippen LogP contribution < -0.4 is 11.1 Å². The number of piperidine rings is 1. The molecule has 9 nitrogen and oxygen atoms in total. The number of rotatable bonds is 14. The van der Waals surface area contributed by atoms with Crippen LogP contribution in [0.15, 0.2) is 18.2 Å². The largest absolute Gasteiger partial charge is 0.450 e. The summed E-state index contributed by atoms with van der Waals surface area (Å²) in [5.74, 6) is -1.86. The van der Waals surface area contributed by atoms with Gasteiger partial charge in [-0.15, -0.1) is 0 Å². The van der Waals surface area contributed by atoms with Crippen LogP contribution in [0.3, 0.4) is 0 Å². The third-order valence-corrected chi connectivity index (χ3v) is 6.64. The average Bonchev–Trinajstić information content (AvgIpc) is 3.07. The zero-order valence-corrected chi connectivity index (χ0v) is 20.2. The van der Waals surface area contributed by atoms with Crippen molar-refractivity contribution in [1.29, 1.82) is 0 Å². The number of nitrogens with two attached hydrogens (primary N) is 1. The van der Waals surface area contributed by atoms with Gasteiger partial charge in [-0.3, -0.25) is 29.4 Å². The van der Waals surface area contributed by atoms with Gasteiger partial charge in [-0.05, 0) is 37.3 Å². The fourth-order valence-corrected chi connectivity index (χ4v) is 4.80. The van der Waals surface area contributed by atoms with Crippen molar-refractivity contribution in [3.63, 3.8) is 0 Å². The van der Waals surface area contributed by atoms with E-state index in [2.05, 4.69) is 5.32 Å². The first-order valence-corrected chi connectivity index (χ1v) is 12.7. The molecule has 5 amide bonds. The lowest BCUT2D eigenvalue weighted by molar-refractivity contribution is -0.136. The maximum Gasteiger partial charge on any atom is 0.404 e. The number of hydrogen-bond donors (Lipinski definition) is 2. The first-order valence-electron chi connectivity index (χ1n) is 12.7. The van der Waals surface area contributed by atoms with Crippen molar-refractivity contribution >= 4 is 29.7 Å². The molecule has 1 aromatic rings. The lowest BCUT2D eigenvalue weighted by atomic mass is 9.97. The lowest BCUT2D eigenvalue weighted by Gasteiger charge is -2.27. The van der Waals surface area contributed by atoms with E-state index in [1.807, 2.05) is 6.07 Å². The van der Waals surface area contributed by atoms with Crippen molar-refractivity contribution < 1.29 is 28.7 Å². The lowest BCUT2D eigenvalue weighted by Crippen LogP contribution is -2.54. The molecule has 1 saturated heterocycles. The molecule has 3 rings (SSSR count). The van der Waals surface area contributed by atoms with E-state index in [0.717, 1.165) is 49.0 Å². The molecule has 2 aliphatic heterocycles. The second kappa shape index (κ2) is 13.0. The van der Waals surface area contributed by atoms with E-state index < -0.39 is 29.9 Å². The van der Waals surface area contributed by atoms with Gasteiger partial charge < -0.3 is 10.5 Å². The topological polar surface area (TPSA) is 136 Å². The molecule has 0 aliphatic carbocycles. The number of hydrogen-bond acceptors (Lipinski definition) is 6. The number of carbonyl (C=O) groups excluding carboxylic acids is 5. The summed E-state index contributed by atoms with van der Waals surface area (Å²) in [6.45, 7) is 0.397. The summed E-state index contributed by atoms with van der Waals surface area (Å²) in [6, 6.07) is 4.37. The highest BCUT2D eigenvalue weighted by molar-refractivity contribution is 6.24. The van der Waals surface area contributed by atoms with Crippen molar-refractivity contribution in [2.24, 2.45) is 5.73 Å². The Morgan fingerprint density at radius 3 is 2.17 bits per heavy atom. The summed E-state index contributed by atoms with van der Waals surface area (Å²) >= 11 is 0. The van der Waals surface area contributed by atoms with Crippen LogP contribution in [0.25, 0.3) is 0 Å². The number of nitrogens with one attached hydrogen (secondary N) is 1. The fourth-order valence-electron chi connectivity index (χ4n) is 4.80. The predicted molar refractivity (Wildman–Crippen MR) is 129 cm³/mol. The predicted octanol–water partition coefficient (Wildman–Crippen LogP) is 3.63. The Morgan fingerprint density at radius 1 is 0.914 bits per heavy atom. The van der Waals surface area contributed by atoms with Crippen LogP contribution in [0.5, 0.6) is 0 Å². The monoisotopic (exact) mass is 485 g/mol. The van der Waals surface area contributed by atoms with Crippen LogP contribution in [0.1, 0.15) is 103 Å². The van der Waals surface area contributed by atoms with E-state index in [-0.39, 0.29) is 18.7 Å². The zero-order valence-electron chi connectivity index (χ0n) is 20.2. The molecule has 9 heteroatoms. The van der Waals surface area contributed by atoms with Gasteiger partial charge in [0.05, 0.1) is 17.7 Å². The molecule has 190 valence electrons. The number of aryl methyl sites for hydroxylation is 1. The molecule has 0 saturated carbocycles. The standard InChI is InChI=1S/C26H35N3O6/c27-26(34)35-17-10-8-6-4-2-1-3-5-7-9-12-18-13-11-14-19-22(18)25(33)29(24(19)32)20-15-16-21(30)28-23(20)31/h11,13-14,20H,1-10,12,15-17H2,(H2,27,34)(H,28,30,31). The van der Waals surface area contributed by atoms with Crippen molar-refractivity contribution in [3.8, 4) is 0 Å². The summed E-state index contributed by atoms with van der Waals surface area (Å²) in [4.78, 5) is 61.2. The van der Waals surface area contributed by atoms with Crippen molar-refractivity contribution in [2.45, 2.75) is 89.5 Å². The van der Waals surface area contributed by atoms with Gasteiger partial charge in [0.2, 0.25) is 11.8 Å². The molecule has 0 radical (unpaired) electrons. The molecule has 0 aromatic heterocycles. The number of primary amides is 1. The minimum absolute atomic E-state index is 0.114. The van der Waals surface area contributed by atoms with Gasteiger partial charge in [-0.1, -0.05) is 63.5 Å². The Balaban J connectivity index is 1.36. The van der Waals surface area contributed by atoms with Gasteiger partial charge in [0.1, 0.15) is 6.04 Å². The van der Waals surface area contributed by atoms with Gasteiger partial charge in [-0.25, -0.2) is 4.79 Å². The maximum atomic E-state index is 13.1. The highest BCUT2D eigenvalue weighted by atomic mass is 16.5. The first-order chi connectivity index (χ1) is 16.9. The summed E-state index contributed by atoms with van der Waals surface area (Å²) in [5, 5.41) is 2.23. The highest BCUT2D eigenvalue weighted by Crippen LogP contribution is 2.30. The third-order valence-electron chi connectivity index (χ3n) is 6.64. The highest BCUT2D eigenvalue weighted by Gasteiger charge is 2.45. The zero-order chi connectivity index (χ0) is 25.2. The summed E-state index contributed by atoms with van der Waals surface area (Å²) in [7, 11) is 0. The van der Waals surface area contributed by atoms with Crippen LogP contribution in [-0.4, -0.2) is 47.3 Å². The molecule has 3 N–H and O–H groups in total. The van der Waals surface area contributed by atoms with E-state index in [1.165, 1.54) is 25.7 Å². The second-order valence-corrected chi connectivity index (χ2v) is 9.24. The fraction of sp³-hybridized carbons (Fsp3) is 0.577. The number of carbonyl (C=O) groups is 5. The summed E-state index contributed by atoms with van der Waals surface area (Å²) < 4.78 is 4.71. The van der Waals surface area contributed by atoms with Crippen molar-refractivity contribution in [1.82, 2.24) is 10.2 Å². The van der Waals surface area contributed by atoms with Crippen LogP contribution in [0.2, 0.25) is 0 Å². The Bertz CT molecular complexity index is 960. The molecule has 35 heavy (non-hydrogen) atoms. The van der Waals surface area contributed by atoms with Gasteiger partial charge in [0.25, 0.3) is 11.8 Å². The molecule has 1 atom stereocenters. The molecule has 1 fully saturated rings. The molecule has 2 aliphatic rings. The van der Waals surface area contributed by atoms with Crippen molar-refractivity contribution in [2.75, 3.05) is 6.61 Å². The van der Waals surface area contributed by atoms with Gasteiger partial charge in [0.15, 0.2) is 0 Å². The van der Waals surface area contributed by atoms with E-state index in [1.54, 1.807) is 12.1 Å². The first kappa shape index (κ1) is 26.4. The number of nitrogens with zero attached hydrogens (tertiary/aromatic N) is 1. The molecule has 1 unspecified atom stereocenters. The Labute approximate surface area is 205 Å². The molecule has 2 heterocycles. The minimum atomic E-state index is -0.934. The third kappa shape index (κ3) is 7.13. The van der Waals surface area contributed by atoms with Crippen LogP contribution in [-0.2, 0) is 20.7 Å². The number of unbranched alkanes of at least 4 members (excludes halogenated alkanes) is 9. The second-order valence-electron chi connectivity index (χ2n) is 9.24. The Morgan fingerprint density at radius 2 is 1.54 bits per heavy atom. The SMILES string of the molecule is NC(=O)OCCCCCCCCCCCCc1cccc2c1C(=O)N(C1CCC(=O)NC1=O)C2=O. The molecular weight excluding hydrogens is 450 g/mol. The van der Waals surface area contributed by atoms with Crippen molar-refractivity contribution in [3.05, 3.63) is 34.9 Å². The van der Waals surface area contributed by atoms with Gasteiger partial charge in [0, 0.05) is 6.42 Å². The number of fused-ring (bicyclic) bond motifs is 1. The van der Waals surface area contributed by atoms with Gasteiger partial charge in [-0.2, -0.15) is 0 Å².